The standard InChI is InChI=1S/C10H22N2O3.ClH/c1-3-14-7-8-15-9(2)10(13)12-6-4-5-11;/h9H,3-8,11H2,1-2H3,(H,12,13);1H. The first-order chi connectivity index (χ1) is 7.22. The van der Waals surface area contributed by atoms with Crippen molar-refractivity contribution >= 4 is 18.3 Å². The highest BCUT2D eigenvalue weighted by molar-refractivity contribution is 5.85. The van der Waals surface area contributed by atoms with Gasteiger partial charge in [-0.3, -0.25) is 4.79 Å². The highest BCUT2D eigenvalue weighted by atomic mass is 35.5. The largest absolute Gasteiger partial charge is 0.379 e. The lowest BCUT2D eigenvalue weighted by Gasteiger charge is -2.12. The fraction of sp³-hybridized carbons (Fsp3) is 0.900. The van der Waals surface area contributed by atoms with Crippen molar-refractivity contribution in [1.82, 2.24) is 5.32 Å². The minimum atomic E-state index is -0.428. The lowest BCUT2D eigenvalue weighted by Crippen LogP contribution is -2.36. The number of ether oxygens (including phenoxy) is 2. The van der Waals surface area contributed by atoms with Crippen molar-refractivity contribution in [1.29, 1.82) is 0 Å². The second-order valence-electron chi connectivity index (χ2n) is 3.14. The molecule has 1 atom stereocenters. The van der Waals surface area contributed by atoms with Gasteiger partial charge in [-0.25, -0.2) is 0 Å². The first kappa shape index (κ1) is 18.0. The molecule has 0 aliphatic heterocycles. The normalized spacial score (nSPS) is 11.7. The predicted octanol–water partition coefficient (Wildman–Crippen LogP) is 0.315. The molecule has 0 aliphatic carbocycles. The molecule has 0 aliphatic rings. The van der Waals surface area contributed by atoms with E-state index in [2.05, 4.69) is 5.32 Å². The lowest BCUT2D eigenvalue weighted by atomic mass is 10.3. The van der Waals surface area contributed by atoms with Gasteiger partial charge in [0.1, 0.15) is 6.10 Å². The van der Waals surface area contributed by atoms with Gasteiger partial charge in [0.05, 0.1) is 13.2 Å². The number of carbonyl (C=O) groups excluding carboxylic acids is 1. The third kappa shape index (κ3) is 10.2. The maximum Gasteiger partial charge on any atom is 0.248 e. The molecular weight excluding hydrogens is 232 g/mol. The number of amides is 1. The van der Waals surface area contributed by atoms with Crippen molar-refractivity contribution < 1.29 is 14.3 Å². The van der Waals surface area contributed by atoms with Gasteiger partial charge in [-0.2, -0.15) is 0 Å². The highest BCUT2D eigenvalue weighted by Gasteiger charge is 2.11. The molecule has 0 bridgehead atoms. The summed E-state index contributed by atoms with van der Waals surface area (Å²) >= 11 is 0. The van der Waals surface area contributed by atoms with Crippen LogP contribution in [-0.4, -0.2) is 44.9 Å². The molecule has 3 N–H and O–H groups in total. The van der Waals surface area contributed by atoms with Gasteiger partial charge >= 0.3 is 0 Å². The number of rotatable bonds is 9. The van der Waals surface area contributed by atoms with Gasteiger partial charge < -0.3 is 20.5 Å². The Labute approximate surface area is 103 Å². The summed E-state index contributed by atoms with van der Waals surface area (Å²) in [7, 11) is 0. The molecule has 0 aromatic carbocycles. The van der Waals surface area contributed by atoms with Crippen LogP contribution in [-0.2, 0) is 14.3 Å². The van der Waals surface area contributed by atoms with E-state index in [4.69, 9.17) is 15.2 Å². The summed E-state index contributed by atoms with van der Waals surface area (Å²) in [5.41, 5.74) is 5.31. The molecule has 0 spiro atoms. The van der Waals surface area contributed by atoms with E-state index < -0.39 is 6.10 Å². The molecule has 16 heavy (non-hydrogen) atoms. The summed E-state index contributed by atoms with van der Waals surface area (Å²) in [6, 6.07) is 0. The summed E-state index contributed by atoms with van der Waals surface area (Å²) in [6.45, 7) is 6.47. The van der Waals surface area contributed by atoms with E-state index in [-0.39, 0.29) is 18.3 Å². The van der Waals surface area contributed by atoms with Crippen LogP contribution in [0.4, 0.5) is 0 Å². The Bertz CT molecular complexity index is 170. The Hall–Kier alpha value is -0.360. The van der Waals surface area contributed by atoms with Gasteiger partial charge in [0.2, 0.25) is 5.91 Å². The van der Waals surface area contributed by atoms with Crippen LogP contribution in [0.2, 0.25) is 0 Å². The van der Waals surface area contributed by atoms with Gasteiger partial charge in [-0.1, -0.05) is 0 Å². The average Bonchev–Trinajstić information content (AvgIpc) is 2.24. The van der Waals surface area contributed by atoms with Gasteiger partial charge in [-0.05, 0) is 26.8 Å². The van der Waals surface area contributed by atoms with E-state index in [0.29, 0.717) is 32.9 Å². The zero-order valence-electron chi connectivity index (χ0n) is 10.0. The highest BCUT2D eigenvalue weighted by Crippen LogP contribution is 1.91. The number of halogens is 1. The summed E-state index contributed by atoms with van der Waals surface area (Å²) in [5, 5.41) is 2.74. The Kier molecular flexibility index (Phi) is 14.3. The molecule has 0 saturated heterocycles. The number of nitrogens with one attached hydrogen (secondary N) is 1. The average molecular weight is 255 g/mol. The van der Waals surface area contributed by atoms with Crippen LogP contribution in [0, 0.1) is 0 Å². The Morgan fingerprint density at radius 2 is 2.12 bits per heavy atom. The molecule has 1 amide bonds. The van der Waals surface area contributed by atoms with Crippen molar-refractivity contribution in [2.45, 2.75) is 26.4 Å². The number of hydrogen-bond donors (Lipinski definition) is 2. The van der Waals surface area contributed by atoms with Crippen molar-refractivity contribution in [2.75, 3.05) is 32.9 Å². The Balaban J connectivity index is 0. The van der Waals surface area contributed by atoms with E-state index in [1.54, 1.807) is 6.92 Å². The van der Waals surface area contributed by atoms with Crippen LogP contribution in [0.25, 0.3) is 0 Å². The third-order valence-electron chi connectivity index (χ3n) is 1.85. The number of carbonyl (C=O) groups is 1. The molecule has 0 aromatic rings. The van der Waals surface area contributed by atoms with Crippen LogP contribution in [0.5, 0.6) is 0 Å². The maximum atomic E-state index is 11.4. The minimum absolute atomic E-state index is 0. The van der Waals surface area contributed by atoms with Crippen molar-refractivity contribution in [3.63, 3.8) is 0 Å². The fourth-order valence-electron chi connectivity index (χ4n) is 0.961. The summed E-state index contributed by atoms with van der Waals surface area (Å²) < 4.78 is 10.4. The lowest BCUT2D eigenvalue weighted by molar-refractivity contribution is -0.132. The van der Waals surface area contributed by atoms with Crippen LogP contribution in [0.1, 0.15) is 20.3 Å². The molecule has 0 aromatic heterocycles. The number of hydrogen-bond acceptors (Lipinski definition) is 4. The van der Waals surface area contributed by atoms with Crippen LogP contribution >= 0.6 is 12.4 Å². The molecule has 98 valence electrons. The maximum absolute atomic E-state index is 11.4. The van der Waals surface area contributed by atoms with Crippen LogP contribution < -0.4 is 11.1 Å². The molecule has 0 heterocycles. The van der Waals surface area contributed by atoms with Crippen LogP contribution in [0.15, 0.2) is 0 Å². The zero-order chi connectivity index (χ0) is 11.5. The molecule has 6 heteroatoms. The first-order valence-electron chi connectivity index (χ1n) is 5.39. The van der Waals surface area contributed by atoms with Crippen molar-refractivity contribution in [2.24, 2.45) is 5.73 Å². The smallest absolute Gasteiger partial charge is 0.248 e. The van der Waals surface area contributed by atoms with Gasteiger partial charge in [0.25, 0.3) is 0 Å². The predicted molar refractivity (Wildman–Crippen MR) is 65.8 cm³/mol. The SMILES string of the molecule is CCOCCOC(C)C(=O)NCCCN.Cl. The Morgan fingerprint density at radius 3 is 2.69 bits per heavy atom. The second-order valence-corrected chi connectivity index (χ2v) is 3.14. The third-order valence-corrected chi connectivity index (χ3v) is 1.85. The molecule has 0 saturated carbocycles. The fourth-order valence-corrected chi connectivity index (χ4v) is 0.961. The first-order valence-corrected chi connectivity index (χ1v) is 5.39. The van der Waals surface area contributed by atoms with E-state index in [1.807, 2.05) is 6.92 Å². The minimum Gasteiger partial charge on any atom is -0.379 e. The van der Waals surface area contributed by atoms with E-state index in [9.17, 15) is 4.79 Å². The Morgan fingerprint density at radius 1 is 1.44 bits per heavy atom. The topological polar surface area (TPSA) is 73.6 Å². The van der Waals surface area contributed by atoms with Crippen molar-refractivity contribution in [3.05, 3.63) is 0 Å². The molecular formula is C10H23ClN2O3. The number of nitrogens with two attached hydrogens (primary N) is 1. The zero-order valence-corrected chi connectivity index (χ0v) is 10.8. The summed E-state index contributed by atoms with van der Waals surface area (Å²) in [6.07, 6.45) is 0.362. The monoisotopic (exact) mass is 254 g/mol. The summed E-state index contributed by atoms with van der Waals surface area (Å²) in [5.74, 6) is -0.0973. The van der Waals surface area contributed by atoms with Gasteiger partial charge in [0, 0.05) is 13.2 Å². The molecule has 0 fully saturated rings. The molecule has 1 unspecified atom stereocenters. The van der Waals surface area contributed by atoms with Crippen molar-refractivity contribution in [3.8, 4) is 0 Å². The molecule has 0 rings (SSSR count). The quantitative estimate of drug-likeness (QED) is 0.581. The van der Waals surface area contributed by atoms with E-state index in [1.165, 1.54) is 0 Å². The molecule has 5 nitrogen and oxygen atoms in total. The van der Waals surface area contributed by atoms with E-state index in [0.717, 1.165) is 6.42 Å². The van der Waals surface area contributed by atoms with E-state index >= 15 is 0 Å². The molecule has 0 radical (unpaired) electrons. The van der Waals surface area contributed by atoms with Gasteiger partial charge in [-0.15, -0.1) is 12.4 Å². The second kappa shape index (κ2) is 12.7. The van der Waals surface area contributed by atoms with Crippen LogP contribution in [0.3, 0.4) is 0 Å². The summed E-state index contributed by atoms with van der Waals surface area (Å²) in [4.78, 5) is 11.4. The van der Waals surface area contributed by atoms with Gasteiger partial charge in [0.15, 0.2) is 0 Å².